The van der Waals surface area contributed by atoms with Gasteiger partial charge in [0.15, 0.2) is 6.29 Å². The largest absolute Gasteiger partial charge is 0.438 e. The van der Waals surface area contributed by atoms with Crippen LogP contribution < -0.4 is 10.3 Å². The molecule has 3 rings (SSSR count). The summed E-state index contributed by atoms with van der Waals surface area (Å²) < 4.78 is 6.84. The van der Waals surface area contributed by atoms with Crippen molar-refractivity contribution in [2.24, 2.45) is 0 Å². The van der Waals surface area contributed by atoms with Gasteiger partial charge in [0.1, 0.15) is 17.0 Å². The molecule has 0 saturated carbocycles. The van der Waals surface area contributed by atoms with Crippen molar-refractivity contribution in [1.29, 1.82) is 0 Å². The van der Waals surface area contributed by atoms with Gasteiger partial charge in [-0.25, -0.2) is 0 Å². The van der Waals surface area contributed by atoms with E-state index in [9.17, 15) is 9.59 Å². The predicted molar refractivity (Wildman–Crippen MR) is 73.4 cm³/mol. The van der Waals surface area contributed by atoms with E-state index in [0.29, 0.717) is 17.7 Å². The van der Waals surface area contributed by atoms with E-state index in [0.717, 1.165) is 0 Å². The van der Waals surface area contributed by atoms with Gasteiger partial charge in [0.25, 0.3) is 5.56 Å². The number of hydrogen-bond donors (Lipinski definition) is 0. The fourth-order valence-electron chi connectivity index (χ4n) is 1.86. The lowest BCUT2D eigenvalue weighted by Gasteiger charge is -2.08. The zero-order chi connectivity index (χ0) is 13.9. The van der Waals surface area contributed by atoms with Crippen molar-refractivity contribution < 1.29 is 9.53 Å². The normalized spacial score (nSPS) is 10.4. The number of fused-ring (bicyclic) bond motifs is 1. The van der Waals surface area contributed by atoms with Gasteiger partial charge in [-0.15, -0.1) is 0 Å². The topological polar surface area (TPSA) is 60.7 Å². The lowest BCUT2D eigenvalue weighted by molar-refractivity contribution is 0.111. The van der Waals surface area contributed by atoms with E-state index in [4.69, 9.17) is 4.74 Å². The van der Waals surface area contributed by atoms with Crippen LogP contribution in [0.5, 0.6) is 11.6 Å². The van der Waals surface area contributed by atoms with E-state index < -0.39 is 5.56 Å². The molecule has 20 heavy (non-hydrogen) atoms. The number of nitrogens with zero attached hydrogens (tertiary/aromatic N) is 2. The number of para-hydroxylation sites is 1. The lowest BCUT2D eigenvalue weighted by atomic mass is 10.3. The molecule has 0 bridgehead atoms. The fourth-order valence-corrected chi connectivity index (χ4v) is 1.86. The van der Waals surface area contributed by atoms with Crippen molar-refractivity contribution in [1.82, 2.24) is 9.38 Å². The van der Waals surface area contributed by atoms with Gasteiger partial charge in [-0.05, 0) is 24.3 Å². The fraction of sp³-hybridized carbons (Fsp3) is 0. The van der Waals surface area contributed by atoms with Gasteiger partial charge in [0, 0.05) is 6.20 Å². The number of aldehydes is 1. The zero-order valence-corrected chi connectivity index (χ0v) is 10.4. The molecule has 2 heterocycles. The van der Waals surface area contributed by atoms with E-state index in [1.165, 1.54) is 4.40 Å². The zero-order valence-electron chi connectivity index (χ0n) is 10.4. The van der Waals surface area contributed by atoms with E-state index >= 15 is 0 Å². The van der Waals surface area contributed by atoms with E-state index in [1.54, 1.807) is 48.7 Å². The van der Waals surface area contributed by atoms with E-state index in [2.05, 4.69) is 4.98 Å². The summed E-state index contributed by atoms with van der Waals surface area (Å²) in [6.07, 6.45) is 2.02. The number of rotatable bonds is 3. The van der Waals surface area contributed by atoms with Gasteiger partial charge in [0.2, 0.25) is 5.88 Å². The summed E-state index contributed by atoms with van der Waals surface area (Å²) in [7, 11) is 0. The van der Waals surface area contributed by atoms with Crippen molar-refractivity contribution in [3.8, 4) is 11.6 Å². The highest BCUT2D eigenvalue weighted by atomic mass is 16.5. The Balaban J connectivity index is 2.19. The number of carbonyl (C=O) groups is 1. The van der Waals surface area contributed by atoms with Crippen LogP contribution in [0.1, 0.15) is 10.4 Å². The molecular weight excluding hydrogens is 256 g/mol. The molecule has 0 aliphatic rings. The third kappa shape index (κ3) is 2.05. The van der Waals surface area contributed by atoms with E-state index in [-0.39, 0.29) is 11.4 Å². The molecule has 5 heteroatoms. The summed E-state index contributed by atoms with van der Waals surface area (Å²) in [4.78, 5) is 27.5. The molecule has 0 aliphatic heterocycles. The Morgan fingerprint density at radius 1 is 1.05 bits per heavy atom. The van der Waals surface area contributed by atoms with Gasteiger partial charge < -0.3 is 4.74 Å². The van der Waals surface area contributed by atoms with E-state index in [1.807, 2.05) is 6.07 Å². The standard InChI is InChI=1S/C15H10N2O3/c18-10-12-14(20-11-6-2-1-3-7-11)16-13-8-4-5-9-17(13)15(12)19/h1-10H. The van der Waals surface area contributed by atoms with Gasteiger partial charge in [-0.2, -0.15) is 4.98 Å². The summed E-state index contributed by atoms with van der Waals surface area (Å²) in [5.74, 6) is 0.533. The highest BCUT2D eigenvalue weighted by molar-refractivity contribution is 5.78. The number of hydrogen-bond acceptors (Lipinski definition) is 4. The van der Waals surface area contributed by atoms with Crippen LogP contribution in [0, 0.1) is 0 Å². The van der Waals surface area contributed by atoms with Crippen LogP contribution >= 0.6 is 0 Å². The Morgan fingerprint density at radius 3 is 2.55 bits per heavy atom. The molecule has 1 aromatic carbocycles. The highest BCUT2D eigenvalue weighted by Crippen LogP contribution is 2.20. The molecule has 0 unspecified atom stereocenters. The van der Waals surface area contributed by atoms with Crippen molar-refractivity contribution in [2.45, 2.75) is 0 Å². The summed E-state index contributed by atoms with van der Waals surface area (Å²) in [5, 5.41) is 0. The van der Waals surface area contributed by atoms with Crippen LogP contribution in [0.25, 0.3) is 5.65 Å². The summed E-state index contributed by atoms with van der Waals surface area (Å²) in [6, 6.07) is 14.0. The van der Waals surface area contributed by atoms with Crippen LogP contribution in [0.4, 0.5) is 0 Å². The van der Waals surface area contributed by atoms with Gasteiger partial charge in [-0.3, -0.25) is 14.0 Å². The van der Waals surface area contributed by atoms with Crippen LogP contribution in [0.3, 0.4) is 0 Å². The maximum atomic E-state index is 12.2. The van der Waals surface area contributed by atoms with Crippen LogP contribution in [-0.4, -0.2) is 15.7 Å². The number of ether oxygens (including phenoxy) is 1. The summed E-state index contributed by atoms with van der Waals surface area (Å²) in [5.41, 5.74) is -0.122. The molecule has 0 fully saturated rings. The van der Waals surface area contributed by atoms with Gasteiger partial charge in [0.05, 0.1) is 0 Å². The second-order valence-electron chi connectivity index (χ2n) is 4.10. The average molecular weight is 266 g/mol. The first-order chi connectivity index (χ1) is 9.79. The maximum absolute atomic E-state index is 12.2. The Labute approximate surface area is 114 Å². The maximum Gasteiger partial charge on any atom is 0.272 e. The molecule has 0 aliphatic carbocycles. The predicted octanol–water partition coefficient (Wildman–Crippen LogP) is 2.30. The minimum absolute atomic E-state index is 0.0161. The Hall–Kier alpha value is -2.95. The molecule has 98 valence electrons. The molecule has 0 spiro atoms. The third-order valence-corrected chi connectivity index (χ3v) is 2.81. The SMILES string of the molecule is O=Cc1c(Oc2ccccc2)nc2ccccn2c1=O. The second kappa shape index (κ2) is 4.97. The number of pyridine rings is 1. The molecule has 2 aromatic heterocycles. The van der Waals surface area contributed by atoms with Crippen LogP contribution in [-0.2, 0) is 0 Å². The molecule has 0 atom stereocenters. The minimum atomic E-state index is -0.448. The quantitative estimate of drug-likeness (QED) is 0.682. The Morgan fingerprint density at radius 2 is 1.80 bits per heavy atom. The molecule has 0 N–H and O–H groups in total. The first-order valence-electron chi connectivity index (χ1n) is 5.99. The van der Waals surface area contributed by atoms with Crippen molar-refractivity contribution in [3.05, 3.63) is 70.6 Å². The summed E-state index contributed by atoms with van der Waals surface area (Å²) in [6.45, 7) is 0. The van der Waals surface area contributed by atoms with Crippen molar-refractivity contribution in [2.75, 3.05) is 0 Å². The molecular formula is C15H10N2O3. The number of aromatic nitrogens is 2. The minimum Gasteiger partial charge on any atom is -0.438 e. The summed E-state index contributed by atoms with van der Waals surface area (Å²) >= 11 is 0. The Bertz CT molecular complexity index is 825. The first-order valence-corrected chi connectivity index (χ1v) is 5.99. The van der Waals surface area contributed by atoms with Crippen LogP contribution in [0.2, 0.25) is 0 Å². The molecule has 5 nitrogen and oxygen atoms in total. The number of carbonyl (C=O) groups excluding carboxylic acids is 1. The first kappa shape index (κ1) is 12.1. The monoisotopic (exact) mass is 266 g/mol. The van der Waals surface area contributed by atoms with Crippen LogP contribution in [0.15, 0.2) is 59.5 Å². The van der Waals surface area contributed by atoms with Crippen molar-refractivity contribution in [3.63, 3.8) is 0 Å². The third-order valence-electron chi connectivity index (χ3n) is 2.81. The second-order valence-corrected chi connectivity index (χ2v) is 4.10. The molecule has 0 radical (unpaired) electrons. The Kier molecular flexibility index (Phi) is 3.01. The van der Waals surface area contributed by atoms with Crippen molar-refractivity contribution >= 4 is 11.9 Å². The average Bonchev–Trinajstić information content (AvgIpc) is 2.49. The highest BCUT2D eigenvalue weighted by Gasteiger charge is 2.13. The molecule has 3 aromatic rings. The smallest absolute Gasteiger partial charge is 0.272 e. The lowest BCUT2D eigenvalue weighted by Crippen LogP contribution is -2.20. The number of benzene rings is 1. The molecule has 0 saturated heterocycles. The molecule has 0 amide bonds. The van der Waals surface area contributed by atoms with Gasteiger partial charge in [-0.1, -0.05) is 24.3 Å². The van der Waals surface area contributed by atoms with Gasteiger partial charge >= 0.3 is 0 Å².